The Bertz CT molecular complexity index is 1110. The van der Waals surface area contributed by atoms with Gasteiger partial charge in [-0.05, 0) is 51.1 Å². The highest BCUT2D eigenvalue weighted by Gasteiger charge is 2.19. The maximum Gasteiger partial charge on any atom is 0.263 e. The lowest BCUT2D eigenvalue weighted by atomic mass is 10.0. The Morgan fingerprint density at radius 3 is 2.59 bits per heavy atom. The van der Waals surface area contributed by atoms with Crippen molar-refractivity contribution in [3.63, 3.8) is 0 Å². The summed E-state index contributed by atoms with van der Waals surface area (Å²) in [5.74, 6) is 0.653. The summed E-state index contributed by atoms with van der Waals surface area (Å²) in [6, 6.07) is 7.76. The molecule has 0 radical (unpaired) electrons. The van der Waals surface area contributed by atoms with Crippen LogP contribution in [0.5, 0.6) is 0 Å². The van der Waals surface area contributed by atoms with Gasteiger partial charge in [0.1, 0.15) is 17.2 Å². The van der Waals surface area contributed by atoms with E-state index in [1.807, 2.05) is 57.1 Å². The number of para-hydroxylation sites is 1. The number of nitrogens with zero attached hydrogens (tertiary/aromatic N) is 3. The molecule has 0 aliphatic rings. The molecule has 0 unspecified atom stereocenters. The van der Waals surface area contributed by atoms with Gasteiger partial charge in [0.2, 0.25) is 5.91 Å². The average Bonchev–Trinajstić information content (AvgIpc) is 2.92. The zero-order chi connectivity index (χ0) is 21.3. The van der Waals surface area contributed by atoms with E-state index in [4.69, 9.17) is 4.98 Å². The quantitative estimate of drug-likeness (QED) is 0.667. The number of hydrogen-bond acceptors (Lipinski definition) is 5. The first-order valence-electron chi connectivity index (χ1n) is 9.72. The molecule has 0 spiro atoms. The first-order chi connectivity index (χ1) is 13.7. The molecular formula is C22H28N4O2S. The second-order valence-corrected chi connectivity index (χ2v) is 9.11. The molecule has 29 heavy (non-hydrogen) atoms. The van der Waals surface area contributed by atoms with E-state index in [2.05, 4.69) is 19.2 Å². The minimum Gasteiger partial charge on any atom is -0.324 e. The normalized spacial score (nSPS) is 11.6. The van der Waals surface area contributed by atoms with Crippen molar-refractivity contribution in [2.75, 3.05) is 19.4 Å². The van der Waals surface area contributed by atoms with E-state index in [1.54, 1.807) is 0 Å². The lowest BCUT2D eigenvalue weighted by molar-refractivity contribution is -0.116. The Morgan fingerprint density at radius 2 is 1.93 bits per heavy atom. The number of carbonyl (C=O) groups is 1. The zero-order valence-electron chi connectivity index (χ0n) is 17.9. The predicted molar refractivity (Wildman–Crippen MR) is 120 cm³/mol. The molecule has 0 saturated carbocycles. The number of rotatable bonds is 6. The fourth-order valence-electron chi connectivity index (χ4n) is 3.38. The maximum absolute atomic E-state index is 13.3. The van der Waals surface area contributed by atoms with Crippen molar-refractivity contribution in [3.8, 4) is 0 Å². The number of aryl methyl sites for hydroxylation is 2. The van der Waals surface area contributed by atoms with Gasteiger partial charge in [-0.3, -0.25) is 14.2 Å². The summed E-state index contributed by atoms with van der Waals surface area (Å²) in [6.07, 6.45) is 0. The number of fused-ring (bicyclic) bond motifs is 1. The minimum atomic E-state index is -0.231. The van der Waals surface area contributed by atoms with Crippen LogP contribution in [0.15, 0.2) is 29.1 Å². The van der Waals surface area contributed by atoms with Crippen LogP contribution in [0.3, 0.4) is 0 Å². The third-order valence-corrected chi connectivity index (χ3v) is 6.09. The smallest absolute Gasteiger partial charge is 0.263 e. The highest BCUT2D eigenvalue weighted by molar-refractivity contribution is 7.18. The van der Waals surface area contributed by atoms with Crippen LogP contribution in [0, 0.1) is 13.8 Å². The van der Waals surface area contributed by atoms with Gasteiger partial charge in [0.05, 0.1) is 11.9 Å². The summed E-state index contributed by atoms with van der Waals surface area (Å²) in [4.78, 5) is 34.6. The number of hydrogen-bond donors (Lipinski definition) is 1. The molecule has 1 N–H and O–H groups in total. The van der Waals surface area contributed by atoms with Crippen LogP contribution < -0.4 is 10.9 Å². The lowest BCUT2D eigenvalue weighted by Crippen LogP contribution is -2.33. The number of nitrogens with one attached hydrogen (secondary N) is 1. The SMILES string of the molecule is Cc1sc2nc(CN(C)C)n(CC(=O)Nc3ccccc3C(C)C)c(=O)c2c1C. The van der Waals surface area contributed by atoms with Gasteiger partial charge in [-0.1, -0.05) is 32.0 Å². The average molecular weight is 413 g/mol. The Kier molecular flexibility index (Phi) is 6.19. The second-order valence-electron chi connectivity index (χ2n) is 7.91. The monoisotopic (exact) mass is 412 g/mol. The van der Waals surface area contributed by atoms with E-state index in [1.165, 1.54) is 15.9 Å². The third kappa shape index (κ3) is 4.41. The van der Waals surface area contributed by atoms with Crippen molar-refractivity contribution in [1.29, 1.82) is 0 Å². The van der Waals surface area contributed by atoms with E-state index in [-0.39, 0.29) is 23.9 Å². The first-order valence-corrected chi connectivity index (χ1v) is 10.5. The largest absolute Gasteiger partial charge is 0.324 e. The zero-order valence-corrected chi connectivity index (χ0v) is 18.7. The predicted octanol–water partition coefficient (Wildman–Crippen LogP) is 3.90. The second kappa shape index (κ2) is 8.47. The first kappa shape index (κ1) is 21.2. The minimum absolute atomic E-state index is 0.0638. The fourth-order valence-corrected chi connectivity index (χ4v) is 4.42. The van der Waals surface area contributed by atoms with E-state index in [9.17, 15) is 9.59 Å². The molecule has 0 aliphatic carbocycles. The molecule has 0 atom stereocenters. The molecule has 2 heterocycles. The van der Waals surface area contributed by atoms with Gasteiger partial charge in [0, 0.05) is 10.6 Å². The maximum atomic E-state index is 13.3. The van der Waals surface area contributed by atoms with Gasteiger partial charge in [0.15, 0.2) is 0 Å². The van der Waals surface area contributed by atoms with E-state index in [0.29, 0.717) is 17.8 Å². The topological polar surface area (TPSA) is 67.2 Å². The summed E-state index contributed by atoms with van der Waals surface area (Å²) in [7, 11) is 3.84. The molecule has 0 bridgehead atoms. The number of aromatic nitrogens is 2. The van der Waals surface area contributed by atoms with Crippen molar-refractivity contribution < 1.29 is 4.79 Å². The van der Waals surface area contributed by atoms with Crippen LogP contribution in [0.1, 0.15) is 41.6 Å². The molecule has 1 amide bonds. The molecule has 0 aliphatic heterocycles. The van der Waals surface area contributed by atoms with Crippen LogP contribution in [0.2, 0.25) is 0 Å². The fraction of sp³-hybridized carbons (Fsp3) is 0.409. The van der Waals surface area contributed by atoms with Crippen molar-refractivity contribution in [3.05, 3.63) is 56.4 Å². The molecule has 6 nitrogen and oxygen atoms in total. The highest BCUT2D eigenvalue weighted by atomic mass is 32.1. The summed E-state index contributed by atoms with van der Waals surface area (Å²) >= 11 is 1.53. The number of amides is 1. The van der Waals surface area contributed by atoms with Gasteiger partial charge >= 0.3 is 0 Å². The molecule has 3 rings (SSSR count). The van der Waals surface area contributed by atoms with E-state index >= 15 is 0 Å². The van der Waals surface area contributed by atoms with E-state index < -0.39 is 0 Å². The highest BCUT2D eigenvalue weighted by Crippen LogP contribution is 2.27. The third-order valence-electron chi connectivity index (χ3n) is 4.98. The van der Waals surface area contributed by atoms with Gasteiger partial charge < -0.3 is 10.2 Å². The van der Waals surface area contributed by atoms with Crippen LogP contribution in [-0.2, 0) is 17.9 Å². The molecule has 154 valence electrons. The number of anilines is 1. The van der Waals surface area contributed by atoms with Crippen LogP contribution in [0.4, 0.5) is 5.69 Å². The summed E-state index contributed by atoms with van der Waals surface area (Å²) in [6.45, 7) is 8.52. The Hall–Kier alpha value is -2.51. The van der Waals surface area contributed by atoms with Crippen LogP contribution in [-0.4, -0.2) is 34.5 Å². The molecule has 2 aromatic heterocycles. The summed E-state index contributed by atoms with van der Waals surface area (Å²) in [5.41, 5.74) is 2.64. The summed E-state index contributed by atoms with van der Waals surface area (Å²) < 4.78 is 1.51. The molecule has 3 aromatic rings. The van der Waals surface area contributed by atoms with Gasteiger partial charge in [-0.2, -0.15) is 0 Å². The standard InChI is InChI=1S/C22H28N4O2S/c1-13(2)16-9-7-8-10-17(16)23-19(27)12-26-18(11-25(5)6)24-21-20(22(26)28)14(3)15(4)29-21/h7-10,13H,11-12H2,1-6H3,(H,23,27). The van der Waals surface area contributed by atoms with Crippen LogP contribution in [0.25, 0.3) is 10.2 Å². The molecule has 1 aromatic carbocycles. The number of benzene rings is 1. The Balaban J connectivity index is 2.00. The van der Waals surface area contributed by atoms with Gasteiger partial charge in [-0.25, -0.2) is 4.98 Å². The number of thiophene rings is 1. The van der Waals surface area contributed by atoms with Crippen molar-refractivity contribution in [2.24, 2.45) is 0 Å². The van der Waals surface area contributed by atoms with Crippen molar-refractivity contribution >= 4 is 33.1 Å². The molecule has 0 saturated heterocycles. The van der Waals surface area contributed by atoms with E-state index in [0.717, 1.165) is 26.5 Å². The molecular weight excluding hydrogens is 384 g/mol. The lowest BCUT2D eigenvalue weighted by Gasteiger charge is -2.17. The van der Waals surface area contributed by atoms with Crippen LogP contribution >= 0.6 is 11.3 Å². The summed E-state index contributed by atoms with van der Waals surface area (Å²) in [5, 5.41) is 3.59. The van der Waals surface area contributed by atoms with Gasteiger partial charge in [0.25, 0.3) is 5.56 Å². The Labute approximate surface area is 175 Å². The van der Waals surface area contributed by atoms with Gasteiger partial charge in [-0.15, -0.1) is 11.3 Å². The van der Waals surface area contributed by atoms with Crippen molar-refractivity contribution in [1.82, 2.24) is 14.5 Å². The number of carbonyl (C=O) groups excluding carboxylic acids is 1. The Morgan fingerprint density at radius 1 is 1.24 bits per heavy atom. The molecule has 0 fully saturated rings. The van der Waals surface area contributed by atoms with Crippen molar-refractivity contribution in [2.45, 2.75) is 46.7 Å². The molecule has 7 heteroatoms.